The number of amides is 1. The van der Waals surface area contributed by atoms with Crippen molar-refractivity contribution in [1.29, 1.82) is 0 Å². The lowest BCUT2D eigenvalue weighted by atomic mass is 10.1. The summed E-state index contributed by atoms with van der Waals surface area (Å²) in [6.07, 6.45) is 2.67. The molecule has 6 heteroatoms. The molecule has 1 aromatic heterocycles. The molecule has 0 unspecified atom stereocenters. The number of aromatic nitrogens is 1. The number of nitrogens with zero attached hydrogens (tertiary/aromatic N) is 2. The van der Waals surface area contributed by atoms with E-state index in [1.54, 1.807) is 13.1 Å². The van der Waals surface area contributed by atoms with Gasteiger partial charge in [-0.15, -0.1) is 0 Å². The van der Waals surface area contributed by atoms with Gasteiger partial charge in [0, 0.05) is 28.6 Å². The Hall–Kier alpha value is -3.41. The lowest BCUT2D eigenvalue weighted by Gasteiger charge is -2.07. The number of para-hydroxylation sites is 1. The number of fused-ring (bicyclic) bond motifs is 1. The first-order valence-electron chi connectivity index (χ1n) is 9.69. The number of esters is 1. The molecule has 0 bridgehead atoms. The Balaban J connectivity index is 1.71. The van der Waals surface area contributed by atoms with Crippen LogP contribution in [-0.4, -0.2) is 29.3 Å². The third kappa shape index (κ3) is 5.10. The van der Waals surface area contributed by atoms with Crippen molar-refractivity contribution < 1.29 is 14.3 Å². The number of carbonyl (C=O) groups is 2. The fourth-order valence-corrected chi connectivity index (χ4v) is 3.29. The van der Waals surface area contributed by atoms with Crippen LogP contribution in [0.15, 0.2) is 59.7 Å². The molecule has 0 fully saturated rings. The van der Waals surface area contributed by atoms with Gasteiger partial charge in [0.15, 0.2) is 0 Å². The van der Waals surface area contributed by atoms with Gasteiger partial charge in [0.25, 0.3) is 0 Å². The predicted octanol–water partition coefficient (Wildman–Crippen LogP) is 3.60. The third-order valence-electron chi connectivity index (χ3n) is 4.74. The smallest absolute Gasteiger partial charge is 0.325 e. The highest BCUT2D eigenvalue weighted by Crippen LogP contribution is 2.24. The molecule has 2 aromatic carbocycles. The second-order valence-corrected chi connectivity index (χ2v) is 6.69. The summed E-state index contributed by atoms with van der Waals surface area (Å²) in [7, 11) is 0. The molecule has 0 aliphatic rings. The van der Waals surface area contributed by atoms with E-state index in [0.717, 1.165) is 27.7 Å². The maximum absolute atomic E-state index is 12.1. The molecule has 1 amide bonds. The van der Waals surface area contributed by atoms with Crippen LogP contribution in [0, 0.1) is 6.92 Å². The maximum Gasteiger partial charge on any atom is 0.325 e. The van der Waals surface area contributed by atoms with E-state index in [4.69, 9.17) is 4.74 Å². The van der Waals surface area contributed by atoms with Crippen LogP contribution in [0.4, 0.5) is 0 Å². The Morgan fingerprint density at radius 3 is 2.59 bits per heavy atom. The highest BCUT2D eigenvalue weighted by Gasteiger charge is 2.15. The van der Waals surface area contributed by atoms with E-state index in [-0.39, 0.29) is 18.4 Å². The molecule has 0 aliphatic carbocycles. The number of ether oxygens (including phenoxy) is 1. The summed E-state index contributed by atoms with van der Waals surface area (Å²) in [5.74, 6) is -0.424. The van der Waals surface area contributed by atoms with Gasteiger partial charge >= 0.3 is 5.97 Å². The van der Waals surface area contributed by atoms with Crippen molar-refractivity contribution in [2.45, 2.75) is 33.2 Å². The van der Waals surface area contributed by atoms with Crippen molar-refractivity contribution in [1.82, 2.24) is 9.99 Å². The Labute approximate surface area is 170 Å². The van der Waals surface area contributed by atoms with Crippen molar-refractivity contribution in [3.8, 4) is 0 Å². The predicted molar refractivity (Wildman–Crippen MR) is 114 cm³/mol. The summed E-state index contributed by atoms with van der Waals surface area (Å²) in [5, 5.41) is 5.11. The zero-order valence-corrected chi connectivity index (χ0v) is 16.7. The van der Waals surface area contributed by atoms with Gasteiger partial charge in [0.1, 0.15) is 6.54 Å². The summed E-state index contributed by atoms with van der Waals surface area (Å²) < 4.78 is 6.99. The molecule has 0 saturated heterocycles. The topological polar surface area (TPSA) is 72.7 Å². The fraction of sp³-hybridized carbons (Fsp3) is 0.261. The molecule has 3 aromatic rings. The quantitative estimate of drug-likeness (QED) is 0.362. The number of rotatable bonds is 8. The number of benzene rings is 2. The Kier molecular flexibility index (Phi) is 6.79. The molecule has 0 aliphatic heterocycles. The van der Waals surface area contributed by atoms with Gasteiger partial charge in [-0.3, -0.25) is 9.59 Å². The minimum Gasteiger partial charge on any atom is -0.465 e. The number of aryl methyl sites for hydroxylation is 1. The molecule has 6 nitrogen and oxygen atoms in total. The van der Waals surface area contributed by atoms with Crippen LogP contribution in [0.1, 0.15) is 30.2 Å². The largest absolute Gasteiger partial charge is 0.465 e. The van der Waals surface area contributed by atoms with Gasteiger partial charge in [0.05, 0.1) is 12.8 Å². The van der Waals surface area contributed by atoms with E-state index in [1.807, 2.05) is 66.1 Å². The molecule has 29 heavy (non-hydrogen) atoms. The molecule has 0 spiro atoms. The molecule has 1 N–H and O–H groups in total. The molecule has 0 radical (unpaired) electrons. The standard InChI is InChI=1S/C23H25N3O3/c1-3-29-23(28)16-26-17(2)20(19-11-7-8-12-21(19)26)15-24-25-22(27)14-13-18-9-5-4-6-10-18/h4-12,15H,3,13-14,16H2,1-2H3,(H,25,27)/b24-15-. The van der Waals surface area contributed by atoms with E-state index in [9.17, 15) is 9.59 Å². The molecule has 0 atom stereocenters. The fourth-order valence-electron chi connectivity index (χ4n) is 3.29. The van der Waals surface area contributed by atoms with Gasteiger partial charge in [-0.05, 0) is 31.9 Å². The van der Waals surface area contributed by atoms with E-state index < -0.39 is 0 Å². The third-order valence-corrected chi connectivity index (χ3v) is 4.74. The van der Waals surface area contributed by atoms with Crippen LogP contribution in [-0.2, 0) is 27.3 Å². The van der Waals surface area contributed by atoms with Gasteiger partial charge in [0.2, 0.25) is 5.91 Å². The molecule has 150 valence electrons. The van der Waals surface area contributed by atoms with E-state index in [0.29, 0.717) is 19.4 Å². The first-order valence-corrected chi connectivity index (χ1v) is 9.69. The van der Waals surface area contributed by atoms with E-state index in [1.165, 1.54) is 0 Å². The van der Waals surface area contributed by atoms with Crippen LogP contribution in [0.5, 0.6) is 0 Å². The zero-order chi connectivity index (χ0) is 20.6. The van der Waals surface area contributed by atoms with Crippen LogP contribution < -0.4 is 5.43 Å². The van der Waals surface area contributed by atoms with Crippen LogP contribution in [0.2, 0.25) is 0 Å². The number of hydrogen-bond donors (Lipinski definition) is 1. The second-order valence-electron chi connectivity index (χ2n) is 6.69. The monoisotopic (exact) mass is 391 g/mol. The summed E-state index contributed by atoms with van der Waals surface area (Å²) in [5.41, 5.74) is 6.39. The van der Waals surface area contributed by atoms with Crippen molar-refractivity contribution in [3.05, 3.63) is 71.4 Å². The van der Waals surface area contributed by atoms with Crippen LogP contribution >= 0.6 is 0 Å². The molecule has 1 heterocycles. The Morgan fingerprint density at radius 2 is 1.83 bits per heavy atom. The van der Waals surface area contributed by atoms with Gasteiger partial charge in [-0.1, -0.05) is 48.5 Å². The Morgan fingerprint density at radius 1 is 1.10 bits per heavy atom. The number of nitrogens with one attached hydrogen (secondary N) is 1. The minimum atomic E-state index is -0.283. The van der Waals surface area contributed by atoms with E-state index in [2.05, 4.69) is 10.5 Å². The molecule has 0 saturated carbocycles. The minimum absolute atomic E-state index is 0.136. The lowest BCUT2D eigenvalue weighted by Crippen LogP contribution is -2.18. The van der Waals surface area contributed by atoms with Gasteiger partial charge < -0.3 is 9.30 Å². The van der Waals surface area contributed by atoms with Crippen LogP contribution in [0.25, 0.3) is 10.9 Å². The summed E-state index contributed by atoms with van der Waals surface area (Å²) >= 11 is 0. The highest BCUT2D eigenvalue weighted by atomic mass is 16.5. The summed E-state index contributed by atoms with van der Waals surface area (Å²) in [6, 6.07) is 17.7. The molecule has 3 rings (SSSR count). The average molecular weight is 391 g/mol. The highest BCUT2D eigenvalue weighted by molar-refractivity contribution is 6.01. The first-order chi connectivity index (χ1) is 14.1. The normalized spacial score (nSPS) is 11.1. The van der Waals surface area contributed by atoms with Crippen molar-refractivity contribution in [3.63, 3.8) is 0 Å². The molecular formula is C23H25N3O3. The second kappa shape index (κ2) is 9.68. The zero-order valence-electron chi connectivity index (χ0n) is 16.7. The number of hydrazone groups is 1. The van der Waals surface area contributed by atoms with Gasteiger partial charge in [-0.2, -0.15) is 5.10 Å². The lowest BCUT2D eigenvalue weighted by molar-refractivity contribution is -0.143. The molecular weight excluding hydrogens is 366 g/mol. The summed E-state index contributed by atoms with van der Waals surface area (Å²) in [6.45, 7) is 4.20. The Bertz CT molecular complexity index is 1020. The maximum atomic E-state index is 12.1. The first kappa shape index (κ1) is 20.3. The van der Waals surface area contributed by atoms with Crippen LogP contribution in [0.3, 0.4) is 0 Å². The SMILES string of the molecule is CCOC(=O)Cn1c(C)c(/C=N\NC(=O)CCc2ccccc2)c2ccccc21. The number of hydrogen-bond acceptors (Lipinski definition) is 4. The van der Waals surface area contributed by atoms with Gasteiger partial charge in [-0.25, -0.2) is 5.43 Å². The van der Waals surface area contributed by atoms with Crippen molar-refractivity contribution in [2.24, 2.45) is 5.10 Å². The average Bonchev–Trinajstić information content (AvgIpc) is 2.99. The van der Waals surface area contributed by atoms with Crippen molar-refractivity contribution >= 4 is 29.0 Å². The van der Waals surface area contributed by atoms with Crippen molar-refractivity contribution in [2.75, 3.05) is 6.61 Å². The summed E-state index contributed by atoms with van der Waals surface area (Å²) in [4.78, 5) is 24.1. The number of carbonyl (C=O) groups excluding carboxylic acids is 2. The van der Waals surface area contributed by atoms with E-state index >= 15 is 0 Å².